The van der Waals surface area contributed by atoms with Crippen LogP contribution in [0.15, 0.2) is 59.6 Å². The molecular weight excluding hydrogens is 693 g/mol. The molecule has 0 unspecified atom stereocenters. The Bertz CT molecular complexity index is 1730. The summed E-state index contributed by atoms with van der Waals surface area (Å²) in [5, 5.41) is 3.93. The summed E-state index contributed by atoms with van der Waals surface area (Å²) in [6.07, 6.45) is 8.64. The zero-order valence-corrected chi connectivity index (χ0v) is 32.8. The summed E-state index contributed by atoms with van der Waals surface area (Å²) < 4.78 is 27.2. The molecular formula is C41H53F2N7S2. The average Bonchev–Trinajstić information content (AvgIpc) is 3.55. The first kappa shape index (κ1) is 38.2. The van der Waals surface area contributed by atoms with Crippen LogP contribution in [-0.2, 0) is 18.8 Å². The molecule has 278 valence electrons. The van der Waals surface area contributed by atoms with Crippen LogP contribution in [0, 0.1) is 20.8 Å². The molecule has 1 aromatic heterocycles. The zero-order valence-electron chi connectivity index (χ0n) is 31.1. The molecule has 52 heavy (non-hydrogen) atoms. The van der Waals surface area contributed by atoms with Crippen molar-refractivity contribution < 1.29 is 8.78 Å². The first-order chi connectivity index (χ1) is 24.9. The number of aliphatic imine (C=N–C) groups is 1. The highest BCUT2D eigenvalue weighted by Crippen LogP contribution is 2.31. The Hall–Kier alpha value is -3.54. The molecule has 7 rings (SSSR count). The number of hydrogen-bond acceptors (Lipinski definition) is 5. The number of benzene rings is 2. The Balaban J connectivity index is 0.000000183. The second kappa shape index (κ2) is 17.1. The molecule has 4 aliphatic rings. The van der Waals surface area contributed by atoms with E-state index < -0.39 is 5.92 Å². The number of anilines is 2. The number of aryl methyl sites for hydroxylation is 3. The average molecular weight is 746 g/mol. The Labute approximate surface area is 319 Å². The molecule has 0 spiro atoms. The fourth-order valence-corrected chi connectivity index (χ4v) is 8.49. The second-order valence-corrected chi connectivity index (χ2v) is 15.7. The molecule has 2 aromatic carbocycles. The first-order valence-electron chi connectivity index (χ1n) is 18.8. The first-order valence-corrected chi connectivity index (χ1v) is 19.7. The van der Waals surface area contributed by atoms with Gasteiger partial charge in [0.15, 0.2) is 5.11 Å². The van der Waals surface area contributed by atoms with E-state index in [4.69, 9.17) is 24.4 Å². The van der Waals surface area contributed by atoms with Gasteiger partial charge in [-0.3, -0.25) is 9.88 Å². The van der Waals surface area contributed by atoms with Crippen molar-refractivity contribution in [2.75, 3.05) is 62.6 Å². The van der Waals surface area contributed by atoms with Crippen molar-refractivity contribution in [1.29, 1.82) is 0 Å². The van der Waals surface area contributed by atoms with Crippen LogP contribution < -0.4 is 10.2 Å². The van der Waals surface area contributed by atoms with Crippen molar-refractivity contribution in [2.24, 2.45) is 4.99 Å². The van der Waals surface area contributed by atoms with Crippen molar-refractivity contribution in [3.63, 3.8) is 0 Å². The van der Waals surface area contributed by atoms with Gasteiger partial charge < -0.3 is 20.0 Å². The van der Waals surface area contributed by atoms with E-state index in [2.05, 4.69) is 79.9 Å². The number of aromatic nitrogens is 1. The lowest BCUT2D eigenvalue weighted by molar-refractivity contribution is 0.0175. The predicted molar refractivity (Wildman–Crippen MR) is 218 cm³/mol. The topological polar surface area (TPSA) is 50.2 Å². The summed E-state index contributed by atoms with van der Waals surface area (Å²) in [7, 11) is 0. The minimum Gasteiger partial charge on any atom is -0.368 e. The summed E-state index contributed by atoms with van der Waals surface area (Å²) in [6.45, 7) is 14.6. The van der Waals surface area contributed by atoms with Crippen LogP contribution in [0.25, 0.3) is 0 Å². The molecule has 3 fully saturated rings. The largest absolute Gasteiger partial charge is 0.368 e. The van der Waals surface area contributed by atoms with Gasteiger partial charge in [-0.25, -0.2) is 13.8 Å². The number of rotatable bonds is 5. The smallest absolute Gasteiger partial charge is 0.270 e. The highest BCUT2D eigenvalue weighted by molar-refractivity contribution is 7.80. The van der Waals surface area contributed by atoms with Crippen LogP contribution in [0.1, 0.15) is 72.7 Å². The van der Waals surface area contributed by atoms with Crippen molar-refractivity contribution in [3.05, 3.63) is 88.2 Å². The minimum atomic E-state index is -2.83. The van der Waals surface area contributed by atoms with E-state index in [0.29, 0.717) is 18.2 Å². The van der Waals surface area contributed by atoms with Gasteiger partial charge in [-0.2, -0.15) is 0 Å². The van der Waals surface area contributed by atoms with Gasteiger partial charge in [-0.05, 0) is 92.9 Å². The van der Waals surface area contributed by atoms with E-state index in [1.165, 1.54) is 68.0 Å². The minimum absolute atomic E-state index is 0.0431. The lowest BCUT2D eigenvalue weighted by Gasteiger charge is -2.41. The summed E-state index contributed by atoms with van der Waals surface area (Å²) >= 11 is 11.3. The van der Waals surface area contributed by atoms with Crippen LogP contribution in [-0.4, -0.2) is 94.0 Å². The Morgan fingerprint density at radius 3 is 2.23 bits per heavy atom. The van der Waals surface area contributed by atoms with Crippen molar-refractivity contribution in [2.45, 2.75) is 84.6 Å². The number of pyridine rings is 1. The maximum Gasteiger partial charge on any atom is 0.270 e. The van der Waals surface area contributed by atoms with E-state index in [9.17, 15) is 8.78 Å². The highest BCUT2D eigenvalue weighted by Gasteiger charge is 2.28. The van der Waals surface area contributed by atoms with Crippen molar-refractivity contribution in [1.82, 2.24) is 19.7 Å². The third kappa shape index (κ3) is 9.90. The van der Waals surface area contributed by atoms with E-state index in [0.717, 1.165) is 85.6 Å². The molecule has 1 aliphatic carbocycles. The second-order valence-electron chi connectivity index (χ2n) is 14.8. The van der Waals surface area contributed by atoms with Gasteiger partial charge in [0.1, 0.15) is 5.84 Å². The quantitative estimate of drug-likeness (QED) is 0.263. The number of alkyl halides is 2. The summed E-state index contributed by atoms with van der Waals surface area (Å²) in [4.78, 5) is 19.6. The molecule has 4 heterocycles. The van der Waals surface area contributed by atoms with Gasteiger partial charge in [-0.1, -0.05) is 55.7 Å². The van der Waals surface area contributed by atoms with E-state index in [-0.39, 0.29) is 5.56 Å². The maximum absolute atomic E-state index is 13.6. The standard InChI is InChI=1S/C22H24F2N4S.C19H29N3S/c1-15-5-3-8-19-18(15)14-20(25-19)26-21(29)28-11-9-27(10-12-28)17-7-4-6-16(13-17)22(2,23)24;1-15-12-16(2)20-17(13-15)14-19(23)22-10-8-21(9-11-22)18-6-4-3-5-7-18/h3-8,13H,9-12,14H2,1-2H3,(H,25,26,29);12-13,18H,3-11,14H2,1-2H3. The van der Waals surface area contributed by atoms with Crippen LogP contribution in [0.5, 0.6) is 0 Å². The predicted octanol–water partition coefficient (Wildman–Crippen LogP) is 8.10. The fourth-order valence-electron chi connectivity index (χ4n) is 7.87. The third-order valence-electron chi connectivity index (χ3n) is 10.8. The van der Waals surface area contributed by atoms with E-state index in [1.54, 1.807) is 12.1 Å². The lowest BCUT2D eigenvalue weighted by Crippen LogP contribution is -2.52. The Morgan fingerprint density at radius 1 is 0.865 bits per heavy atom. The van der Waals surface area contributed by atoms with Crippen LogP contribution >= 0.6 is 24.4 Å². The molecule has 1 saturated carbocycles. The maximum atomic E-state index is 13.6. The normalized spacial score (nSPS) is 19.2. The number of halogens is 2. The molecule has 3 aliphatic heterocycles. The third-order valence-corrected chi connectivity index (χ3v) is 11.5. The number of hydrogen-bond donors (Lipinski definition) is 1. The van der Waals surface area contributed by atoms with Crippen LogP contribution in [0.3, 0.4) is 0 Å². The van der Waals surface area contributed by atoms with Gasteiger partial charge in [0.05, 0.1) is 4.99 Å². The molecule has 1 N–H and O–H groups in total. The van der Waals surface area contributed by atoms with Gasteiger partial charge in [0, 0.05) is 106 Å². The molecule has 0 atom stereocenters. The number of fused-ring (bicyclic) bond motifs is 1. The SMILES string of the molecule is Cc1cc(C)nc(CC(=S)N2CCN(C3CCCCC3)CC2)c1.Cc1cccc2c1CC(=NC(=S)N1CCN(c3cccc(C(C)(F)F)c3)CC1)N2. The Morgan fingerprint density at radius 2 is 1.56 bits per heavy atom. The molecule has 0 amide bonds. The Kier molecular flexibility index (Phi) is 12.5. The summed E-state index contributed by atoms with van der Waals surface area (Å²) in [6, 6.07) is 17.9. The van der Waals surface area contributed by atoms with Crippen LogP contribution in [0.4, 0.5) is 20.2 Å². The number of amidine groups is 1. The molecule has 0 radical (unpaired) electrons. The molecule has 7 nitrogen and oxygen atoms in total. The lowest BCUT2D eigenvalue weighted by atomic mass is 9.94. The van der Waals surface area contributed by atoms with Crippen molar-refractivity contribution in [3.8, 4) is 0 Å². The van der Waals surface area contributed by atoms with Gasteiger partial charge in [0.2, 0.25) is 0 Å². The van der Waals surface area contributed by atoms with Crippen molar-refractivity contribution >= 4 is 51.7 Å². The van der Waals surface area contributed by atoms with Crippen LogP contribution in [0.2, 0.25) is 0 Å². The number of nitrogens with one attached hydrogen (secondary N) is 1. The zero-order chi connectivity index (χ0) is 36.8. The molecule has 3 aromatic rings. The summed E-state index contributed by atoms with van der Waals surface area (Å²) in [5.41, 5.74) is 7.96. The monoisotopic (exact) mass is 745 g/mol. The number of nitrogens with zero attached hydrogens (tertiary/aromatic N) is 6. The van der Waals surface area contributed by atoms with Gasteiger partial charge in [0.25, 0.3) is 5.92 Å². The molecule has 2 saturated heterocycles. The van der Waals surface area contributed by atoms with Gasteiger partial charge >= 0.3 is 0 Å². The fraction of sp³-hybridized carbons (Fsp3) is 0.512. The number of piperazine rings is 2. The van der Waals surface area contributed by atoms with E-state index in [1.807, 2.05) is 12.1 Å². The molecule has 11 heteroatoms. The molecule has 0 bridgehead atoms. The highest BCUT2D eigenvalue weighted by atomic mass is 32.1. The van der Waals surface area contributed by atoms with Gasteiger partial charge in [-0.15, -0.1) is 0 Å². The number of thiocarbonyl (C=S) groups is 2. The van der Waals surface area contributed by atoms with E-state index >= 15 is 0 Å². The summed E-state index contributed by atoms with van der Waals surface area (Å²) in [5.74, 6) is -1.96.